The summed E-state index contributed by atoms with van der Waals surface area (Å²) in [5.41, 5.74) is -0.585. The van der Waals surface area contributed by atoms with Crippen molar-refractivity contribution in [1.82, 2.24) is 4.90 Å². The first-order chi connectivity index (χ1) is 8.79. The van der Waals surface area contributed by atoms with Crippen LogP contribution in [0, 0.1) is 11.8 Å². The summed E-state index contributed by atoms with van der Waals surface area (Å²) in [5, 5.41) is 0. The van der Waals surface area contributed by atoms with Crippen molar-refractivity contribution in [3.05, 3.63) is 0 Å². The van der Waals surface area contributed by atoms with Crippen molar-refractivity contribution >= 4 is 18.0 Å². The molecule has 0 aliphatic carbocycles. The van der Waals surface area contributed by atoms with Gasteiger partial charge in [0.05, 0.1) is 11.8 Å². The van der Waals surface area contributed by atoms with Gasteiger partial charge in [-0.25, -0.2) is 4.79 Å². The van der Waals surface area contributed by atoms with E-state index in [9.17, 15) is 14.4 Å². The van der Waals surface area contributed by atoms with E-state index in [1.165, 1.54) is 0 Å². The molecule has 0 spiro atoms. The molecule has 3 aliphatic rings. The minimum atomic E-state index is -0.585. The van der Waals surface area contributed by atoms with Crippen molar-refractivity contribution in [1.29, 1.82) is 0 Å². The Morgan fingerprint density at radius 3 is 2.05 bits per heavy atom. The van der Waals surface area contributed by atoms with Crippen molar-refractivity contribution < 1.29 is 23.9 Å². The number of carbonyl (C=O) groups is 3. The molecule has 0 aromatic heterocycles. The molecule has 104 valence electrons. The molecule has 3 fully saturated rings. The van der Waals surface area contributed by atoms with Gasteiger partial charge in [-0.2, -0.15) is 0 Å². The second-order valence-electron chi connectivity index (χ2n) is 6.39. The molecular weight excluding hydrogens is 250 g/mol. The van der Waals surface area contributed by atoms with Crippen LogP contribution in [0.25, 0.3) is 0 Å². The number of carbonyl (C=O) groups excluding carboxylic acids is 3. The Morgan fingerprint density at radius 2 is 1.63 bits per heavy atom. The third kappa shape index (κ3) is 1.73. The molecule has 2 unspecified atom stereocenters. The Labute approximate surface area is 111 Å². The van der Waals surface area contributed by atoms with E-state index in [0.717, 1.165) is 12.8 Å². The highest BCUT2D eigenvalue weighted by atomic mass is 16.6. The van der Waals surface area contributed by atoms with Crippen LogP contribution < -0.4 is 0 Å². The van der Waals surface area contributed by atoms with Gasteiger partial charge in [0.25, 0.3) is 0 Å². The smallest absolute Gasteiger partial charge is 0.410 e. The Hall–Kier alpha value is -1.59. The summed E-state index contributed by atoms with van der Waals surface area (Å²) in [6.07, 6.45) is 1.02. The molecule has 2 bridgehead atoms. The van der Waals surface area contributed by atoms with Crippen LogP contribution in [0.5, 0.6) is 0 Å². The zero-order valence-electron chi connectivity index (χ0n) is 11.2. The van der Waals surface area contributed by atoms with Crippen LogP contribution in [0.3, 0.4) is 0 Å². The van der Waals surface area contributed by atoms with Crippen LogP contribution in [-0.4, -0.2) is 40.6 Å². The molecule has 3 rings (SSSR count). The summed E-state index contributed by atoms with van der Waals surface area (Å²) in [6, 6.07) is -0.493. The lowest BCUT2D eigenvalue weighted by molar-refractivity contribution is -0.155. The summed E-state index contributed by atoms with van der Waals surface area (Å²) in [5.74, 6) is -1.95. The zero-order valence-corrected chi connectivity index (χ0v) is 11.2. The second-order valence-corrected chi connectivity index (χ2v) is 6.39. The molecule has 1 amide bonds. The van der Waals surface area contributed by atoms with Crippen LogP contribution in [0.4, 0.5) is 4.79 Å². The van der Waals surface area contributed by atoms with E-state index in [1.54, 1.807) is 25.7 Å². The van der Waals surface area contributed by atoms with Crippen molar-refractivity contribution in [2.24, 2.45) is 11.8 Å². The number of rotatable bonds is 0. The van der Waals surface area contributed by atoms with Crippen molar-refractivity contribution in [3.8, 4) is 0 Å². The van der Waals surface area contributed by atoms with Crippen LogP contribution in [0.2, 0.25) is 0 Å². The van der Waals surface area contributed by atoms with Gasteiger partial charge in [-0.1, -0.05) is 0 Å². The molecule has 3 saturated heterocycles. The highest BCUT2D eigenvalue weighted by molar-refractivity contribution is 5.99. The predicted octanol–water partition coefficient (Wildman–Crippen LogP) is 1.08. The minimum Gasteiger partial charge on any atom is -0.444 e. The Morgan fingerprint density at radius 1 is 1.16 bits per heavy atom. The van der Waals surface area contributed by atoms with Gasteiger partial charge in [-0.15, -0.1) is 0 Å². The topological polar surface area (TPSA) is 72.9 Å². The summed E-state index contributed by atoms with van der Waals surface area (Å²) < 4.78 is 10.0. The second kappa shape index (κ2) is 3.71. The number of hydrogen-bond donors (Lipinski definition) is 0. The SMILES string of the molecule is CC(C)(C)OC(=O)N1C2CCC1[C@@H]1C(=O)OC(=O)[C@H]21. The summed E-state index contributed by atoms with van der Waals surface area (Å²) in [7, 11) is 0. The molecule has 4 atom stereocenters. The lowest BCUT2D eigenvalue weighted by atomic mass is 9.81. The van der Waals surface area contributed by atoms with Gasteiger partial charge in [0, 0.05) is 12.1 Å². The van der Waals surface area contributed by atoms with Crippen LogP contribution in [-0.2, 0) is 19.1 Å². The first-order valence-electron chi connectivity index (χ1n) is 6.56. The van der Waals surface area contributed by atoms with E-state index in [-0.39, 0.29) is 12.1 Å². The van der Waals surface area contributed by atoms with Crippen molar-refractivity contribution in [2.75, 3.05) is 0 Å². The quantitative estimate of drug-likeness (QED) is 0.485. The fraction of sp³-hybridized carbons (Fsp3) is 0.769. The molecule has 0 N–H and O–H groups in total. The maximum Gasteiger partial charge on any atom is 0.410 e. The predicted molar refractivity (Wildman–Crippen MR) is 63.0 cm³/mol. The van der Waals surface area contributed by atoms with Crippen molar-refractivity contribution in [2.45, 2.75) is 51.3 Å². The molecule has 0 saturated carbocycles. The van der Waals surface area contributed by atoms with E-state index in [4.69, 9.17) is 4.74 Å². The number of amides is 1. The van der Waals surface area contributed by atoms with Gasteiger partial charge in [-0.3, -0.25) is 9.59 Å². The standard InChI is InChI=1S/C13H17NO5/c1-13(2,3)19-12(17)14-6-4-5-7(14)9-8(6)10(15)18-11(9)16/h6-9H,4-5H2,1-3H3/t6?,7?,8-,9+. The number of hydrogen-bond acceptors (Lipinski definition) is 5. The molecule has 6 nitrogen and oxygen atoms in total. The lowest BCUT2D eigenvalue weighted by Gasteiger charge is -2.28. The van der Waals surface area contributed by atoms with E-state index in [0.29, 0.717) is 0 Å². The van der Waals surface area contributed by atoms with Crippen LogP contribution in [0.15, 0.2) is 0 Å². The molecule has 19 heavy (non-hydrogen) atoms. The fourth-order valence-electron chi connectivity index (χ4n) is 3.48. The molecule has 3 aliphatic heterocycles. The monoisotopic (exact) mass is 267 g/mol. The fourth-order valence-corrected chi connectivity index (χ4v) is 3.48. The van der Waals surface area contributed by atoms with Gasteiger partial charge in [0.1, 0.15) is 5.60 Å². The Bertz CT molecular complexity index is 438. The van der Waals surface area contributed by atoms with Gasteiger partial charge >= 0.3 is 18.0 Å². The average molecular weight is 267 g/mol. The summed E-state index contributed by atoms with van der Waals surface area (Å²) in [4.78, 5) is 37.2. The summed E-state index contributed by atoms with van der Waals surface area (Å²) >= 11 is 0. The maximum atomic E-state index is 12.2. The lowest BCUT2D eigenvalue weighted by Crippen LogP contribution is -2.42. The van der Waals surface area contributed by atoms with Gasteiger partial charge in [0.15, 0.2) is 0 Å². The first kappa shape index (κ1) is 12.4. The Kier molecular flexibility index (Phi) is 2.43. The Balaban J connectivity index is 1.85. The molecule has 0 radical (unpaired) electrons. The minimum absolute atomic E-state index is 0.246. The molecule has 6 heteroatoms. The van der Waals surface area contributed by atoms with Crippen LogP contribution >= 0.6 is 0 Å². The summed E-state index contributed by atoms with van der Waals surface area (Å²) in [6.45, 7) is 5.38. The highest BCUT2D eigenvalue weighted by Crippen LogP contribution is 2.50. The van der Waals surface area contributed by atoms with Crippen molar-refractivity contribution in [3.63, 3.8) is 0 Å². The third-order valence-corrected chi connectivity index (χ3v) is 4.04. The zero-order chi connectivity index (χ0) is 13.9. The van der Waals surface area contributed by atoms with E-state index < -0.39 is 35.5 Å². The first-order valence-corrected chi connectivity index (χ1v) is 6.56. The average Bonchev–Trinajstić information content (AvgIpc) is 2.87. The van der Waals surface area contributed by atoms with Gasteiger partial charge in [0.2, 0.25) is 0 Å². The van der Waals surface area contributed by atoms with Crippen LogP contribution in [0.1, 0.15) is 33.6 Å². The van der Waals surface area contributed by atoms with E-state index in [1.807, 2.05) is 0 Å². The number of ether oxygens (including phenoxy) is 2. The maximum absolute atomic E-state index is 12.2. The van der Waals surface area contributed by atoms with E-state index in [2.05, 4.69) is 4.74 Å². The highest BCUT2D eigenvalue weighted by Gasteiger charge is 2.65. The molecule has 3 heterocycles. The number of nitrogens with zero attached hydrogens (tertiary/aromatic N) is 1. The molecule has 0 aromatic carbocycles. The van der Waals surface area contributed by atoms with Gasteiger partial charge in [-0.05, 0) is 33.6 Å². The number of cyclic esters (lactones) is 2. The normalized spacial score (nSPS) is 36.5. The third-order valence-electron chi connectivity index (χ3n) is 4.04. The largest absolute Gasteiger partial charge is 0.444 e. The van der Waals surface area contributed by atoms with Gasteiger partial charge < -0.3 is 14.4 Å². The number of esters is 2. The molecular formula is C13H17NO5. The van der Waals surface area contributed by atoms with E-state index >= 15 is 0 Å². The number of fused-ring (bicyclic) bond motifs is 5. The molecule has 0 aromatic rings.